The average molecular weight is 396 g/mol. The number of carbonyl (C=O) groups excluding carboxylic acids is 1. The van der Waals surface area contributed by atoms with Crippen LogP contribution in [0.15, 0.2) is 39.9 Å². The molecule has 2 heterocycles. The van der Waals surface area contributed by atoms with E-state index < -0.39 is 15.9 Å². The van der Waals surface area contributed by atoms with Gasteiger partial charge in [-0.2, -0.15) is 4.31 Å². The Hall–Kier alpha value is -2.10. The fraction of sp³-hybridized carbons (Fsp3) is 0.353. The molecule has 2 N–H and O–H groups in total. The molecule has 1 aromatic heterocycles. The molecule has 140 valence electrons. The summed E-state index contributed by atoms with van der Waals surface area (Å²) in [5.74, 6) is 0.332. The number of nitrogens with zero attached hydrogens (tertiary/aromatic N) is 1. The number of rotatable bonds is 6. The Morgan fingerprint density at radius 3 is 2.58 bits per heavy atom. The molecule has 0 radical (unpaired) electrons. The van der Waals surface area contributed by atoms with E-state index in [9.17, 15) is 13.2 Å². The number of thiophene rings is 1. The van der Waals surface area contributed by atoms with E-state index in [4.69, 9.17) is 15.2 Å². The maximum absolute atomic E-state index is 12.9. The molecule has 0 atom stereocenters. The molecule has 7 nitrogen and oxygen atoms in total. The molecule has 0 saturated carbocycles. The molecule has 1 saturated heterocycles. The standard InChI is InChI=1S/C17H20N2O5S2/c1-23-16-3-2-14(10-15(16)17(18)20)26(21,22)19-7-4-12(5-8-19)24-13-6-9-25-11-13/h2-3,6,9-12H,4-5,7-8H2,1H3,(H2,18,20). The minimum Gasteiger partial charge on any atom is -0.496 e. The third kappa shape index (κ3) is 3.84. The lowest BCUT2D eigenvalue weighted by molar-refractivity contribution is 0.0997. The summed E-state index contributed by atoms with van der Waals surface area (Å²) in [6.07, 6.45) is 1.20. The molecule has 0 bridgehead atoms. The maximum atomic E-state index is 12.9. The molecule has 9 heteroatoms. The van der Waals surface area contributed by atoms with Gasteiger partial charge in [-0.1, -0.05) is 0 Å². The highest BCUT2D eigenvalue weighted by Crippen LogP contribution is 2.27. The van der Waals surface area contributed by atoms with Crippen LogP contribution in [0.5, 0.6) is 11.5 Å². The Morgan fingerprint density at radius 1 is 1.27 bits per heavy atom. The second-order valence-electron chi connectivity index (χ2n) is 5.91. The van der Waals surface area contributed by atoms with E-state index in [0.717, 1.165) is 5.75 Å². The second kappa shape index (κ2) is 7.65. The van der Waals surface area contributed by atoms with Gasteiger partial charge >= 0.3 is 0 Å². The summed E-state index contributed by atoms with van der Waals surface area (Å²) in [5.41, 5.74) is 5.37. The summed E-state index contributed by atoms with van der Waals surface area (Å²) >= 11 is 1.56. The first kappa shape index (κ1) is 18.7. The molecule has 0 unspecified atom stereocenters. The summed E-state index contributed by atoms with van der Waals surface area (Å²) in [7, 11) is -2.31. The first-order valence-electron chi connectivity index (χ1n) is 8.08. The van der Waals surface area contributed by atoms with Crippen LogP contribution in [0.3, 0.4) is 0 Å². The van der Waals surface area contributed by atoms with E-state index in [2.05, 4.69) is 0 Å². The summed E-state index contributed by atoms with van der Waals surface area (Å²) in [5, 5.41) is 3.86. The number of carbonyl (C=O) groups is 1. The molecular formula is C17H20N2O5S2. The highest BCUT2D eigenvalue weighted by atomic mass is 32.2. The lowest BCUT2D eigenvalue weighted by atomic mass is 10.1. The fourth-order valence-electron chi connectivity index (χ4n) is 2.89. The molecular weight excluding hydrogens is 376 g/mol. The SMILES string of the molecule is COc1ccc(S(=O)(=O)N2CCC(Oc3ccsc3)CC2)cc1C(N)=O. The smallest absolute Gasteiger partial charge is 0.252 e. The molecule has 0 spiro atoms. The van der Waals surface area contributed by atoms with Gasteiger partial charge in [0.05, 0.1) is 17.6 Å². The molecule has 1 aromatic carbocycles. The normalized spacial score (nSPS) is 16.3. The van der Waals surface area contributed by atoms with Crippen LogP contribution in [-0.2, 0) is 10.0 Å². The summed E-state index contributed by atoms with van der Waals surface area (Å²) in [4.78, 5) is 11.6. The van der Waals surface area contributed by atoms with Gasteiger partial charge in [0.15, 0.2) is 0 Å². The van der Waals surface area contributed by atoms with Gasteiger partial charge in [-0.25, -0.2) is 8.42 Å². The predicted molar refractivity (Wildman–Crippen MR) is 98.2 cm³/mol. The number of sulfonamides is 1. The van der Waals surface area contributed by atoms with Crippen molar-refractivity contribution in [3.05, 3.63) is 40.6 Å². The summed E-state index contributed by atoms with van der Waals surface area (Å²) in [6, 6.07) is 6.04. The summed E-state index contributed by atoms with van der Waals surface area (Å²) < 4.78 is 38.1. The van der Waals surface area contributed by atoms with E-state index in [1.165, 1.54) is 29.6 Å². The quantitative estimate of drug-likeness (QED) is 0.806. The fourth-order valence-corrected chi connectivity index (χ4v) is 4.95. The van der Waals surface area contributed by atoms with E-state index >= 15 is 0 Å². The minimum absolute atomic E-state index is 0.00639. The Bertz CT molecular complexity index is 873. The minimum atomic E-state index is -3.71. The van der Waals surface area contributed by atoms with E-state index in [1.54, 1.807) is 11.3 Å². The molecule has 1 amide bonds. The van der Waals surface area contributed by atoms with Crippen molar-refractivity contribution in [2.24, 2.45) is 5.73 Å². The third-order valence-electron chi connectivity index (χ3n) is 4.27. The maximum Gasteiger partial charge on any atom is 0.252 e. The van der Waals surface area contributed by atoms with Crippen molar-refractivity contribution in [3.63, 3.8) is 0 Å². The monoisotopic (exact) mass is 396 g/mol. The number of ether oxygens (including phenoxy) is 2. The number of piperidine rings is 1. The summed E-state index contributed by atoms with van der Waals surface area (Å²) in [6.45, 7) is 0.712. The number of methoxy groups -OCH3 is 1. The topological polar surface area (TPSA) is 98.9 Å². The van der Waals surface area contributed by atoms with E-state index in [-0.39, 0.29) is 22.3 Å². The zero-order valence-electron chi connectivity index (χ0n) is 14.3. The zero-order chi connectivity index (χ0) is 18.7. The van der Waals surface area contributed by atoms with Gasteiger partial charge in [-0.15, -0.1) is 11.3 Å². The second-order valence-corrected chi connectivity index (χ2v) is 8.62. The van der Waals surface area contributed by atoms with Crippen LogP contribution in [0.2, 0.25) is 0 Å². The first-order valence-corrected chi connectivity index (χ1v) is 10.5. The van der Waals surface area contributed by atoms with Gasteiger partial charge in [0, 0.05) is 18.5 Å². The van der Waals surface area contributed by atoms with E-state index in [1.807, 2.05) is 16.8 Å². The van der Waals surface area contributed by atoms with Crippen molar-refractivity contribution in [2.45, 2.75) is 23.8 Å². The number of amides is 1. The van der Waals surface area contributed by atoms with Gasteiger partial charge in [-0.05, 0) is 42.5 Å². The van der Waals surface area contributed by atoms with Crippen molar-refractivity contribution in [2.75, 3.05) is 20.2 Å². The molecule has 1 fully saturated rings. The van der Waals surface area contributed by atoms with Crippen molar-refractivity contribution in [3.8, 4) is 11.5 Å². The van der Waals surface area contributed by atoms with Crippen molar-refractivity contribution in [1.82, 2.24) is 4.31 Å². The Kier molecular flexibility index (Phi) is 5.49. The van der Waals surface area contributed by atoms with Crippen molar-refractivity contribution < 1.29 is 22.7 Å². The number of hydrogen-bond acceptors (Lipinski definition) is 6. The van der Waals surface area contributed by atoms with Crippen LogP contribution in [0, 0.1) is 0 Å². The van der Waals surface area contributed by atoms with Crippen LogP contribution >= 0.6 is 11.3 Å². The number of benzene rings is 1. The molecule has 1 aliphatic rings. The lowest BCUT2D eigenvalue weighted by Crippen LogP contribution is -2.41. The number of hydrogen-bond donors (Lipinski definition) is 1. The molecule has 3 rings (SSSR count). The van der Waals surface area contributed by atoms with Gasteiger partial charge in [0.1, 0.15) is 17.6 Å². The molecule has 0 aliphatic carbocycles. The highest BCUT2D eigenvalue weighted by molar-refractivity contribution is 7.89. The predicted octanol–water partition coefficient (Wildman–Crippen LogP) is 2.09. The highest BCUT2D eigenvalue weighted by Gasteiger charge is 2.31. The van der Waals surface area contributed by atoms with Gasteiger partial charge in [-0.3, -0.25) is 4.79 Å². The first-order chi connectivity index (χ1) is 12.4. The third-order valence-corrected chi connectivity index (χ3v) is 6.83. The molecule has 26 heavy (non-hydrogen) atoms. The lowest BCUT2D eigenvalue weighted by Gasteiger charge is -2.31. The number of primary amides is 1. The average Bonchev–Trinajstić information content (AvgIpc) is 3.14. The van der Waals surface area contributed by atoms with Crippen LogP contribution in [0.1, 0.15) is 23.2 Å². The Morgan fingerprint density at radius 2 is 2.00 bits per heavy atom. The van der Waals surface area contributed by atoms with Gasteiger partial charge < -0.3 is 15.2 Å². The van der Waals surface area contributed by atoms with Crippen molar-refractivity contribution >= 4 is 27.3 Å². The van der Waals surface area contributed by atoms with Crippen LogP contribution < -0.4 is 15.2 Å². The largest absolute Gasteiger partial charge is 0.496 e. The Balaban J connectivity index is 1.73. The zero-order valence-corrected chi connectivity index (χ0v) is 15.9. The van der Waals surface area contributed by atoms with Crippen LogP contribution in [0.4, 0.5) is 0 Å². The van der Waals surface area contributed by atoms with Gasteiger partial charge in [0.2, 0.25) is 10.0 Å². The van der Waals surface area contributed by atoms with Crippen LogP contribution in [0.25, 0.3) is 0 Å². The van der Waals surface area contributed by atoms with Crippen LogP contribution in [-0.4, -0.2) is 44.9 Å². The molecule has 1 aliphatic heterocycles. The number of nitrogens with two attached hydrogens (primary N) is 1. The Labute approximate surface area is 156 Å². The van der Waals surface area contributed by atoms with E-state index in [0.29, 0.717) is 25.9 Å². The van der Waals surface area contributed by atoms with Crippen molar-refractivity contribution in [1.29, 1.82) is 0 Å². The molecule has 2 aromatic rings. The van der Waals surface area contributed by atoms with Gasteiger partial charge in [0.25, 0.3) is 5.91 Å².